The molecule has 2 rings (SSSR count). The number of halogens is 1. The van der Waals surface area contributed by atoms with Crippen LogP contribution in [0, 0.1) is 3.57 Å². The predicted molar refractivity (Wildman–Crippen MR) is 82.7 cm³/mol. The van der Waals surface area contributed by atoms with Gasteiger partial charge in [0.15, 0.2) is 0 Å². The minimum absolute atomic E-state index is 0.729. The van der Waals surface area contributed by atoms with Gasteiger partial charge in [-0.2, -0.15) is 0 Å². The van der Waals surface area contributed by atoms with Crippen molar-refractivity contribution in [1.82, 2.24) is 5.32 Å². The van der Waals surface area contributed by atoms with Gasteiger partial charge in [0.1, 0.15) is 0 Å². The number of rotatable bonds is 4. The highest BCUT2D eigenvalue weighted by atomic mass is 127. The second-order valence-corrected chi connectivity index (χ2v) is 5.83. The molecule has 17 heavy (non-hydrogen) atoms. The molecule has 0 bridgehead atoms. The smallest absolute Gasteiger partial charge is 0.0501 e. The molecule has 1 saturated heterocycles. The highest BCUT2D eigenvalue weighted by Gasteiger charge is 2.19. The van der Waals surface area contributed by atoms with Crippen LogP contribution in [-0.2, 0) is 0 Å². The van der Waals surface area contributed by atoms with Crippen LogP contribution < -0.4 is 10.2 Å². The van der Waals surface area contributed by atoms with E-state index in [1.54, 1.807) is 0 Å². The first-order valence-corrected chi connectivity index (χ1v) is 7.62. The van der Waals surface area contributed by atoms with Crippen molar-refractivity contribution in [3.63, 3.8) is 0 Å². The van der Waals surface area contributed by atoms with Gasteiger partial charge in [0, 0.05) is 22.7 Å². The molecule has 1 aliphatic heterocycles. The summed E-state index contributed by atoms with van der Waals surface area (Å²) in [6, 6.07) is 9.41. The average Bonchev–Trinajstić information content (AvgIpc) is 2.38. The van der Waals surface area contributed by atoms with Gasteiger partial charge in [-0.15, -0.1) is 0 Å². The molecule has 0 atom stereocenters. The second-order valence-electron chi connectivity index (χ2n) is 4.67. The van der Waals surface area contributed by atoms with Gasteiger partial charge in [-0.25, -0.2) is 0 Å². The van der Waals surface area contributed by atoms with Crippen molar-refractivity contribution in [1.29, 1.82) is 0 Å². The number of benzene rings is 1. The lowest BCUT2D eigenvalue weighted by Gasteiger charge is -2.34. The Morgan fingerprint density at radius 1 is 1.29 bits per heavy atom. The molecular weight excluding hydrogens is 323 g/mol. The standard InChI is InChI=1S/C14H21IN2/c1-2-9-16-12-7-10-17(11-8-12)14-6-4-3-5-13(14)15/h3-6,12,16H,2,7-11H2,1H3. The van der Waals surface area contributed by atoms with E-state index in [1.165, 1.54) is 41.6 Å². The Kier molecular flexibility index (Phi) is 5.10. The fraction of sp³-hybridized carbons (Fsp3) is 0.571. The van der Waals surface area contributed by atoms with Gasteiger partial charge in [0.25, 0.3) is 0 Å². The number of nitrogens with zero attached hydrogens (tertiary/aromatic N) is 1. The van der Waals surface area contributed by atoms with Crippen LogP contribution in [0.15, 0.2) is 24.3 Å². The van der Waals surface area contributed by atoms with Crippen molar-refractivity contribution >= 4 is 28.3 Å². The number of hydrogen-bond acceptors (Lipinski definition) is 2. The topological polar surface area (TPSA) is 15.3 Å². The summed E-state index contributed by atoms with van der Waals surface area (Å²) in [5.74, 6) is 0. The molecule has 2 nitrogen and oxygen atoms in total. The molecule has 0 spiro atoms. The number of hydrogen-bond donors (Lipinski definition) is 1. The largest absolute Gasteiger partial charge is 0.371 e. The first-order chi connectivity index (χ1) is 8.31. The van der Waals surface area contributed by atoms with Crippen molar-refractivity contribution in [3.8, 4) is 0 Å². The fourth-order valence-electron chi connectivity index (χ4n) is 2.38. The van der Waals surface area contributed by atoms with Crippen LogP contribution in [0.4, 0.5) is 5.69 Å². The lowest BCUT2D eigenvalue weighted by atomic mass is 10.0. The lowest BCUT2D eigenvalue weighted by molar-refractivity contribution is 0.415. The monoisotopic (exact) mass is 344 g/mol. The summed E-state index contributed by atoms with van der Waals surface area (Å²) >= 11 is 2.43. The quantitative estimate of drug-likeness (QED) is 0.844. The van der Waals surface area contributed by atoms with Crippen molar-refractivity contribution in [2.45, 2.75) is 32.2 Å². The number of para-hydroxylation sites is 1. The molecule has 0 amide bonds. The van der Waals surface area contributed by atoms with E-state index in [-0.39, 0.29) is 0 Å². The Morgan fingerprint density at radius 2 is 2.00 bits per heavy atom. The maximum atomic E-state index is 3.63. The van der Waals surface area contributed by atoms with Crippen LogP contribution in [0.1, 0.15) is 26.2 Å². The number of nitrogens with one attached hydrogen (secondary N) is 1. The third-order valence-electron chi connectivity index (χ3n) is 3.37. The Balaban J connectivity index is 1.89. The molecule has 0 radical (unpaired) electrons. The Labute approximate surface area is 118 Å². The van der Waals surface area contributed by atoms with Gasteiger partial charge in [-0.3, -0.25) is 0 Å². The van der Waals surface area contributed by atoms with E-state index >= 15 is 0 Å². The molecule has 1 N–H and O–H groups in total. The molecular formula is C14H21IN2. The van der Waals surface area contributed by atoms with Crippen molar-refractivity contribution in [2.24, 2.45) is 0 Å². The fourth-order valence-corrected chi connectivity index (χ4v) is 3.11. The second kappa shape index (κ2) is 6.59. The highest BCUT2D eigenvalue weighted by Crippen LogP contribution is 2.25. The van der Waals surface area contributed by atoms with E-state index in [0.717, 1.165) is 12.6 Å². The number of anilines is 1. The molecule has 0 saturated carbocycles. The van der Waals surface area contributed by atoms with Crippen molar-refractivity contribution < 1.29 is 0 Å². The molecule has 0 unspecified atom stereocenters. The van der Waals surface area contributed by atoms with Gasteiger partial charge in [0.05, 0.1) is 5.69 Å². The van der Waals surface area contributed by atoms with Crippen LogP contribution in [-0.4, -0.2) is 25.7 Å². The predicted octanol–water partition coefficient (Wildman–Crippen LogP) is 3.26. The van der Waals surface area contributed by atoms with Crippen LogP contribution in [0.25, 0.3) is 0 Å². The summed E-state index contributed by atoms with van der Waals surface area (Å²) in [7, 11) is 0. The van der Waals surface area contributed by atoms with Gasteiger partial charge in [0.2, 0.25) is 0 Å². The summed E-state index contributed by atoms with van der Waals surface area (Å²) in [5.41, 5.74) is 1.40. The van der Waals surface area contributed by atoms with Crippen molar-refractivity contribution in [3.05, 3.63) is 27.8 Å². The van der Waals surface area contributed by atoms with E-state index in [4.69, 9.17) is 0 Å². The van der Waals surface area contributed by atoms with Crippen LogP contribution >= 0.6 is 22.6 Å². The summed E-state index contributed by atoms with van der Waals surface area (Å²) < 4.78 is 1.37. The molecule has 1 heterocycles. The zero-order valence-corrected chi connectivity index (χ0v) is 12.6. The summed E-state index contributed by atoms with van der Waals surface area (Å²) in [6.07, 6.45) is 3.77. The molecule has 1 aromatic rings. The maximum absolute atomic E-state index is 3.63. The average molecular weight is 344 g/mol. The molecule has 0 aliphatic carbocycles. The maximum Gasteiger partial charge on any atom is 0.0501 e. The molecule has 3 heteroatoms. The van der Waals surface area contributed by atoms with Crippen LogP contribution in [0.3, 0.4) is 0 Å². The van der Waals surface area contributed by atoms with E-state index in [2.05, 4.69) is 64.0 Å². The molecule has 94 valence electrons. The minimum atomic E-state index is 0.729. The molecule has 1 aromatic carbocycles. The minimum Gasteiger partial charge on any atom is -0.371 e. The van der Waals surface area contributed by atoms with Gasteiger partial charge in [-0.1, -0.05) is 19.1 Å². The zero-order chi connectivity index (χ0) is 12.1. The van der Waals surface area contributed by atoms with E-state index in [1.807, 2.05) is 0 Å². The van der Waals surface area contributed by atoms with Crippen LogP contribution in [0.2, 0.25) is 0 Å². The lowest BCUT2D eigenvalue weighted by Crippen LogP contribution is -2.43. The van der Waals surface area contributed by atoms with Gasteiger partial charge in [-0.05, 0) is 60.5 Å². The highest BCUT2D eigenvalue weighted by molar-refractivity contribution is 14.1. The van der Waals surface area contributed by atoms with Crippen LogP contribution in [0.5, 0.6) is 0 Å². The summed E-state index contributed by atoms with van der Waals surface area (Å²) in [6.45, 7) is 5.75. The third-order valence-corrected chi connectivity index (χ3v) is 4.28. The molecule has 1 fully saturated rings. The summed E-state index contributed by atoms with van der Waals surface area (Å²) in [4.78, 5) is 2.52. The van der Waals surface area contributed by atoms with Crippen molar-refractivity contribution in [2.75, 3.05) is 24.5 Å². The third kappa shape index (κ3) is 3.58. The Bertz CT molecular complexity index is 346. The van der Waals surface area contributed by atoms with Gasteiger partial charge < -0.3 is 10.2 Å². The zero-order valence-electron chi connectivity index (χ0n) is 10.5. The first-order valence-electron chi connectivity index (χ1n) is 6.54. The normalized spacial score (nSPS) is 17.4. The van der Waals surface area contributed by atoms with E-state index < -0.39 is 0 Å². The Morgan fingerprint density at radius 3 is 2.65 bits per heavy atom. The van der Waals surface area contributed by atoms with E-state index in [9.17, 15) is 0 Å². The number of piperidine rings is 1. The Hall–Kier alpha value is -0.290. The first kappa shape index (κ1) is 13.1. The van der Waals surface area contributed by atoms with Gasteiger partial charge >= 0.3 is 0 Å². The summed E-state index contributed by atoms with van der Waals surface area (Å²) in [5, 5.41) is 3.63. The van der Waals surface area contributed by atoms with E-state index in [0.29, 0.717) is 0 Å². The molecule has 1 aliphatic rings. The SMILES string of the molecule is CCCNC1CCN(c2ccccc2I)CC1. The molecule has 0 aromatic heterocycles.